The van der Waals surface area contributed by atoms with Crippen LogP contribution in [-0.2, 0) is 9.47 Å². The van der Waals surface area contributed by atoms with E-state index in [0.29, 0.717) is 24.7 Å². The van der Waals surface area contributed by atoms with Crippen LogP contribution < -0.4 is 0 Å². The highest BCUT2D eigenvalue weighted by atomic mass is 16.5. The summed E-state index contributed by atoms with van der Waals surface area (Å²) in [5, 5.41) is 10.4. The predicted molar refractivity (Wildman–Crippen MR) is 91.4 cm³/mol. The van der Waals surface area contributed by atoms with Crippen molar-refractivity contribution in [2.45, 2.75) is 78.3 Å². The molecule has 3 aliphatic rings. The van der Waals surface area contributed by atoms with Crippen molar-refractivity contribution in [3.05, 3.63) is 0 Å². The van der Waals surface area contributed by atoms with Gasteiger partial charge < -0.3 is 14.6 Å². The molecule has 1 aliphatic heterocycles. The first-order valence-corrected chi connectivity index (χ1v) is 9.40. The second-order valence-electron chi connectivity index (χ2n) is 9.06. The van der Waals surface area contributed by atoms with E-state index in [1.165, 1.54) is 19.3 Å². The number of aliphatic hydroxyl groups excluding tert-OH is 1. The third-order valence-electron chi connectivity index (χ3n) is 7.17. The second kappa shape index (κ2) is 6.29. The van der Waals surface area contributed by atoms with Gasteiger partial charge in [0, 0.05) is 19.6 Å². The Kier molecular flexibility index (Phi) is 4.83. The molecule has 1 saturated heterocycles. The molecule has 1 N–H and O–H groups in total. The number of morpholine rings is 1. The quantitative estimate of drug-likeness (QED) is 0.844. The van der Waals surface area contributed by atoms with Crippen LogP contribution in [0.25, 0.3) is 0 Å². The van der Waals surface area contributed by atoms with Gasteiger partial charge in [-0.05, 0) is 49.9 Å². The Balaban J connectivity index is 1.48. The van der Waals surface area contributed by atoms with Crippen LogP contribution in [0.4, 0.5) is 0 Å². The summed E-state index contributed by atoms with van der Waals surface area (Å²) in [7, 11) is 0. The number of rotatable bonds is 5. The Bertz CT molecular complexity index is 417. The molecule has 3 rings (SSSR count). The first-order valence-electron chi connectivity index (χ1n) is 9.40. The van der Waals surface area contributed by atoms with E-state index < -0.39 is 6.10 Å². The maximum absolute atomic E-state index is 10.4. The van der Waals surface area contributed by atoms with E-state index in [1.54, 1.807) is 0 Å². The highest BCUT2D eigenvalue weighted by molar-refractivity contribution is 5.11. The highest BCUT2D eigenvalue weighted by Crippen LogP contribution is 2.66. The van der Waals surface area contributed by atoms with E-state index in [0.717, 1.165) is 19.0 Å². The lowest BCUT2D eigenvalue weighted by Crippen LogP contribution is -2.49. The Hall–Kier alpha value is -0.160. The van der Waals surface area contributed by atoms with Gasteiger partial charge >= 0.3 is 0 Å². The van der Waals surface area contributed by atoms with Gasteiger partial charge in [0.1, 0.15) is 0 Å². The molecule has 2 aliphatic carbocycles. The van der Waals surface area contributed by atoms with Crippen molar-refractivity contribution in [2.24, 2.45) is 16.7 Å². The van der Waals surface area contributed by atoms with Gasteiger partial charge in [0.15, 0.2) is 0 Å². The first-order chi connectivity index (χ1) is 10.7. The fourth-order valence-corrected chi connectivity index (χ4v) is 5.39. The lowest BCUT2D eigenvalue weighted by molar-refractivity contribution is -0.0996. The number of β-amino-alcohol motifs (C(OH)–C–C–N with tert-alkyl or cyclic N) is 1. The molecule has 0 unspecified atom stereocenters. The lowest BCUT2D eigenvalue weighted by Gasteiger charge is -2.39. The summed E-state index contributed by atoms with van der Waals surface area (Å²) in [5.74, 6) is 0.788. The van der Waals surface area contributed by atoms with Crippen molar-refractivity contribution < 1.29 is 14.6 Å². The lowest BCUT2D eigenvalue weighted by atomic mass is 9.70. The second-order valence-corrected chi connectivity index (χ2v) is 9.06. The molecule has 0 aromatic heterocycles. The molecule has 134 valence electrons. The summed E-state index contributed by atoms with van der Waals surface area (Å²) in [4.78, 5) is 2.30. The van der Waals surface area contributed by atoms with E-state index in [2.05, 4.69) is 39.5 Å². The molecule has 4 heteroatoms. The minimum absolute atomic E-state index is 0.247. The number of hydrogen-bond acceptors (Lipinski definition) is 4. The zero-order valence-corrected chi connectivity index (χ0v) is 15.5. The van der Waals surface area contributed by atoms with Crippen molar-refractivity contribution in [2.75, 3.05) is 26.2 Å². The minimum Gasteiger partial charge on any atom is -0.389 e. The largest absolute Gasteiger partial charge is 0.389 e. The fourth-order valence-electron chi connectivity index (χ4n) is 5.39. The third-order valence-corrected chi connectivity index (χ3v) is 7.17. The Labute approximate surface area is 141 Å². The monoisotopic (exact) mass is 325 g/mol. The average Bonchev–Trinajstić information content (AvgIpc) is 2.76. The van der Waals surface area contributed by atoms with Crippen LogP contribution >= 0.6 is 0 Å². The van der Waals surface area contributed by atoms with Gasteiger partial charge in [-0.1, -0.05) is 20.8 Å². The molecule has 0 spiro atoms. The minimum atomic E-state index is -0.404. The number of aliphatic hydroxyl groups is 1. The number of fused-ring (bicyclic) bond motifs is 2. The van der Waals surface area contributed by atoms with Crippen LogP contribution in [0, 0.1) is 16.7 Å². The van der Waals surface area contributed by atoms with Crippen LogP contribution in [0.2, 0.25) is 0 Å². The predicted octanol–water partition coefficient (Wildman–Crippen LogP) is 2.69. The third kappa shape index (κ3) is 3.20. The summed E-state index contributed by atoms with van der Waals surface area (Å²) >= 11 is 0. The van der Waals surface area contributed by atoms with E-state index in [9.17, 15) is 5.11 Å². The molecular formula is C19H35NO3. The molecular weight excluding hydrogens is 290 g/mol. The smallest absolute Gasteiger partial charge is 0.0900 e. The molecule has 0 aromatic carbocycles. The topological polar surface area (TPSA) is 41.9 Å². The SMILES string of the molecule is C[C@@H]1CN(C[C@H](O)CO[C@H]2C[C@H]3CC[C@@]2(C)C3(C)C)C[C@H](C)O1. The van der Waals surface area contributed by atoms with Gasteiger partial charge in [-0.25, -0.2) is 0 Å². The Morgan fingerprint density at radius 2 is 1.87 bits per heavy atom. The molecule has 2 bridgehead atoms. The van der Waals surface area contributed by atoms with Gasteiger partial charge in [-0.3, -0.25) is 4.90 Å². The van der Waals surface area contributed by atoms with Crippen LogP contribution in [-0.4, -0.2) is 60.7 Å². The van der Waals surface area contributed by atoms with E-state index in [4.69, 9.17) is 9.47 Å². The fraction of sp³-hybridized carbons (Fsp3) is 1.00. The summed E-state index contributed by atoms with van der Waals surface area (Å²) < 4.78 is 12.0. The van der Waals surface area contributed by atoms with Crippen LogP contribution in [0.15, 0.2) is 0 Å². The molecule has 4 nitrogen and oxygen atoms in total. The van der Waals surface area contributed by atoms with E-state index in [-0.39, 0.29) is 17.6 Å². The van der Waals surface area contributed by atoms with E-state index >= 15 is 0 Å². The first kappa shape index (κ1) is 17.7. The van der Waals surface area contributed by atoms with Gasteiger partial charge in [-0.15, -0.1) is 0 Å². The van der Waals surface area contributed by atoms with Gasteiger partial charge in [0.25, 0.3) is 0 Å². The molecule has 1 heterocycles. The number of hydrogen-bond donors (Lipinski definition) is 1. The zero-order valence-electron chi connectivity index (χ0n) is 15.5. The summed E-state index contributed by atoms with van der Waals surface area (Å²) in [6.07, 6.45) is 4.18. The normalized spacial score (nSPS) is 44.6. The van der Waals surface area contributed by atoms with Crippen molar-refractivity contribution in [3.8, 4) is 0 Å². The van der Waals surface area contributed by atoms with Gasteiger partial charge in [0.2, 0.25) is 0 Å². The van der Waals surface area contributed by atoms with Crippen LogP contribution in [0.1, 0.15) is 53.9 Å². The molecule has 23 heavy (non-hydrogen) atoms. The summed E-state index contributed by atoms with van der Waals surface area (Å²) in [6, 6.07) is 0. The highest BCUT2D eigenvalue weighted by Gasteiger charge is 2.61. The molecule has 0 amide bonds. The standard InChI is InChI=1S/C19H35NO3/c1-13-9-20(10-14(2)23-13)11-16(21)12-22-17-8-15-6-7-19(17,5)18(15,3)4/h13-17,21H,6-12H2,1-5H3/t13-,14+,15-,16+,17+,19-/m1/s1. The zero-order chi connectivity index (χ0) is 16.8. The summed E-state index contributed by atoms with van der Waals surface area (Å²) in [5.41, 5.74) is 0.650. The summed E-state index contributed by atoms with van der Waals surface area (Å²) in [6.45, 7) is 14.4. The van der Waals surface area contributed by atoms with Crippen molar-refractivity contribution in [3.63, 3.8) is 0 Å². The number of ether oxygens (including phenoxy) is 2. The van der Waals surface area contributed by atoms with Crippen LogP contribution in [0.5, 0.6) is 0 Å². The maximum atomic E-state index is 10.4. The molecule has 0 aromatic rings. The van der Waals surface area contributed by atoms with Crippen molar-refractivity contribution >= 4 is 0 Å². The Morgan fingerprint density at radius 1 is 1.22 bits per heavy atom. The maximum Gasteiger partial charge on any atom is 0.0900 e. The average molecular weight is 325 g/mol. The molecule has 6 atom stereocenters. The molecule has 3 fully saturated rings. The van der Waals surface area contributed by atoms with Crippen LogP contribution in [0.3, 0.4) is 0 Å². The Morgan fingerprint density at radius 3 is 2.39 bits per heavy atom. The van der Waals surface area contributed by atoms with Gasteiger partial charge in [-0.2, -0.15) is 0 Å². The van der Waals surface area contributed by atoms with E-state index in [1.807, 2.05) is 0 Å². The number of nitrogens with zero attached hydrogens (tertiary/aromatic N) is 1. The van der Waals surface area contributed by atoms with Gasteiger partial charge in [0.05, 0.1) is 31.0 Å². The molecule has 2 saturated carbocycles. The van der Waals surface area contributed by atoms with Crippen molar-refractivity contribution in [1.82, 2.24) is 4.90 Å². The van der Waals surface area contributed by atoms with Crippen molar-refractivity contribution in [1.29, 1.82) is 0 Å². The molecule has 0 radical (unpaired) electrons.